The quantitative estimate of drug-likeness (QED) is 0.866. The highest BCUT2D eigenvalue weighted by Gasteiger charge is 2.25. The number of piperidine rings is 1. The lowest BCUT2D eigenvalue weighted by Crippen LogP contribution is -2.42. The third-order valence-corrected chi connectivity index (χ3v) is 3.62. The van der Waals surface area contributed by atoms with Crippen molar-refractivity contribution in [1.82, 2.24) is 9.97 Å². The molecule has 1 aliphatic rings. The van der Waals surface area contributed by atoms with E-state index in [0.717, 1.165) is 49.9 Å². The highest BCUT2D eigenvalue weighted by atomic mass is 16.3. The lowest BCUT2D eigenvalue weighted by Gasteiger charge is -2.35. The summed E-state index contributed by atoms with van der Waals surface area (Å²) in [6.45, 7) is 8.78. The fraction of sp³-hybridized carbons (Fsp3) is 0.714. The van der Waals surface area contributed by atoms with Gasteiger partial charge in [-0.25, -0.2) is 9.97 Å². The van der Waals surface area contributed by atoms with Gasteiger partial charge in [-0.1, -0.05) is 13.8 Å². The zero-order chi connectivity index (χ0) is 13.8. The number of aliphatic hydroxyl groups excluding tert-OH is 1. The first-order valence-electron chi connectivity index (χ1n) is 7.18. The molecule has 0 saturated carbocycles. The Morgan fingerprint density at radius 2 is 2.21 bits per heavy atom. The molecule has 0 spiro atoms. The van der Waals surface area contributed by atoms with Gasteiger partial charge in [-0.05, 0) is 19.3 Å². The zero-order valence-electron chi connectivity index (χ0n) is 12.1. The van der Waals surface area contributed by atoms with Crippen LogP contribution in [0.3, 0.4) is 0 Å². The van der Waals surface area contributed by atoms with E-state index in [-0.39, 0.29) is 12.0 Å². The van der Waals surface area contributed by atoms with Crippen molar-refractivity contribution in [1.29, 1.82) is 0 Å². The number of aromatic nitrogens is 2. The minimum absolute atomic E-state index is 0.183. The second-order valence-electron chi connectivity index (χ2n) is 5.19. The van der Waals surface area contributed by atoms with E-state index in [2.05, 4.69) is 41.0 Å². The SMILES string of the molecule is CCNc1cc(N2CCC(O)C(C)C2)nc(CC)n1. The molecule has 0 aliphatic carbocycles. The van der Waals surface area contributed by atoms with Gasteiger partial charge in [-0.15, -0.1) is 0 Å². The molecule has 2 rings (SSSR count). The van der Waals surface area contributed by atoms with Gasteiger partial charge < -0.3 is 15.3 Å². The fourth-order valence-corrected chi connectivity index (χ4v) is 2.42. The molecule has 1 aliphatic heterocycles. The first kappa shape index (κ1) is 14.1. The number of aryl methyl sites for hydroxylation is 1. The van der Waals surface area contributed by atoms with E-state index >= 15 is 0 Å². The Bertz CT molecular complexity index is 424. The predicted molar refractivity (Wildman–Crippen MR) is 77.6 cm³/mol. The molecule has 5 heteroatoms. The van der Waals surface area contributed by atoms with Gasteiger partial charge in [0.2, 0.25) is 0 Å². The third kappa shape index (κ3) is 3.35. The molecule has 2 heterocycles. The Morgan fingerprint density at radius 3 is 2.84 bits per heavy atom. The van der Waals surface area contributed by atoms with Crippen LogP contribution in [0.4, 0.5) is 11.6 Å². The Hall–Kier alpha value is -1.36. The summed E-state index contributed by atoms with van der Waals surface area (Å²) in [4.78, 5) is 11.3. The molecule has 19 heavy (non-hydrogen) atoms. The summed E-state index contributed by atoms with van der Waals surface area (Å²) in [7, 11) is 0. The topological polar surface area (TPSA) is 61.3 Å². The zero-order valence-corrected chi connectivity index (χ0v) is 12.1. The van der Waals surface area contributed by atoms with E-state index in [1.165, 1.54) is 0 Å². The highest BCUT2D eigenvalue weighted by Crippen LogP contribution is 2.23. The average Bonchev–Trinajstić information content (AvgIpc) is 2.42. The molecule has 2 N–H and O–H groups in total. The fourth-order valence-electron chi connectivity index (χ4n) is 2.42. The average molecular weight is 264 g/mol. The largest absolute Gasteiger partial charge is 0.393 e. The van der Waals surface area contributed by atoms with Crippen LogP contribution in [0.15, 0.2) is 6.07 Å². The molecule has 0 aromatic carbocycles. The molecule has 1 fully saturated rings. The Morgan fingerprint density at radius 1 is 1.42 bits per heavy atom. The number of nitrogens with zero attached hydrogens (tertiary/aromatic N) is 3. The number of hydrogen-bond acceptors (Lipinski definition) is 5. The van der Waals surface area contributed by atoms with Gasteiger partial charge in [0.05, 0.1) is 6.10 Å². The van der Waals surface area contributed by atoms with Crippen LogP contribution < -0.4 is 10.2 Å². The summed E-state index contributed by atoms with van der Waals surface area (Å²) in [5.41, 5.74) is 0. The summed E-state index contributed by atoms with van der Waals surface area (Å²) in [6.07, 6.45) is 1.46. The molecular weight excluding hydrogens is 240 g/mol. The van der Waals surface area contributed by atoms with Gasteiger partial charge in [-0.3, -0.25) is 0 Å². The van der Waals surface area contributed by atoms with Crippen molar-refractivity contribution in [2.45, 2.75) is 39.7 Å². The van der Waals surface area contributed by atoms with Crippen LogP contribution in [-0.4, -0.2) is 40.8 Å². The van der Waals surface area contributed by atoms with Crippen LogP contribution in [0.1, 0.15) is 33.0 Å². The lowest BCUT2D eigenvalue weighted by atomic mass is 9.97. The third-order valence-electron chi connectivity index (χ3n) is 3.62. The van der Waals surface area contributed by atoms with Crippen LogP contribution in [0.2, 0.25) is 0 Å². The molecule has 1 aromatic rings. The molecule has 106 valence electrons. The summed E-state index contributed by atoms with van der Waals surface area (Å²) in [5, 5.41) is 13.1. The van der Waals surface area contributed by atoms with E-state index in [1.807, 2.05) is 6.07 Å². The first-order valence-corrected chi connectivity index (χ1v) is 7.18. The van der Waals surface area contributed by atoms with Crippen molar-refractivity contribution in [2.24, 2.45) is 5.92 Å². The summed E-state index contributed by atoms with van der Waals surface area (Å²) >= 11 is 0. The number of anilines is 2. The molecule has 1 saturated heterocycles. The van der Waals surface area contributed by atoms with Crippen molar-refractivity contribution in [3.63, 3.8) is 0 Å². The standard InChI is InChI=1S/C14H24N4O/c1-4-12-16-13(15-5-2)8-14(17-12)18-7-6-11(19)10(3)9-18/h8,10-11,19H,4-7,9H2,1-3H3,(H,15,16,17). The summed E-state index contributed by atoms with van der Waals surface area (Å²) in [5.74, 6) is 3.02. The Labute approximate surface area is 115 Å². The second-order valence-corrected chi connectivity index (χ2v) is 5.19. The summed E-state index contributed by atoms with van der Waals surface area (Å²) < 4.78 is 0. The maximum absolute atomic E-state index is 9.81. The number of aliphatic hydroxyl groups is 1. The monoisotopic (exact) mass is 264 g/mol. The second kappa shape index (κ2) is 6.19. The van der Waals surface area contributed by atoms with Gasteiger partial charge in [0.1, 0.15) is 17.5 Å². The van der Waals surface area contributed by atoms with Crippen molar-refractivity contribution in [3.05, 3.63) is 11.9 Å². The van der Waals surface area contributed by atoms with E-state index in [1.54, 1.807) is 0 Å². The van der Waals surface area contributed by atoms with Crippen molar-refractivity contribution >= 4 is 11.6 Å². The van der Waals surface area contributed by atoms with Crippen molar-refractivity contribution in [3.8, 4) is 0 Å². The molecule has 2 unspecified atom stereocenters. The molecular formula is C14H24N4O. The van der Waals surface area contributed by atoms with E-state index in [9.17, 15) is 5.11 Å². The lowest BCUT2D eigenvalue weighted by molar-refractivity contribution is 0.0969. The van der Waals surface area contributed by atoms with Gasteiger partial charge in [0.25, 0.3) is 0 Å². The van der Waals surface area contributed by atoms with Crippen molar-refractivity contribution in [2.75, 3.05) is 29.9 Å². The van der Waals surface area contributed by atoms with Gasteiger partial charge in [0, 0.05) is 32.1 Å². The number of nitrogens with one attached hydrogen (secondary N) is 1. The van der Waals surface area contributed by atoms with E-state index in [0.29, 0.717) is 0 Å². The van der Waals surface area contributed by atoms with Gasteiger partial charge in [-0.2, -0.15) is 0 Å². The smallest absolute Gasteiger partial charge is 0.134 e. The van der Waals surface area contributed by atoms with Crippen LogP contribution in [0.5, 0.6) is 0 Å². The first-order chi connectivity index (χ1) is 9.13. The highest BCUT2D eigenvalue weighted by molar-refractivity contribution is 5.49. The van der Waals surface area contributed by atoms with Crippen molar-refractivity contribution < 1.29 is 5.11 Å². The van der Waals surface area contributed by atoms with Crippen LogP contribution in [0, 0.1) is 5.92 Å². The molecule has 0 bridgehead atoms. The molecule has 2 atom stereocenters. The van der Waals surface area contributed by atoms with Gasteiger partial charge in [0.15, 0.2) is 0 Å². The van der Waals surface area contributed by atoms with Crippen LogP contribution in [-0.2, 0) is 6.42 Å². The Balaban J connectivity index is 2.20. The summed E-state index contributed by atoms with van der Waals surface area (Å²) in [6, 6.07) is 2.01. The molecule has 1 aromatic heterocycles. The van der Waals surface area contributed by atoms with Crippen LogP contribution in [0.25, 0.3) is 0 Å². The minimum atomic E-state index is -0.183. The maximum atomic E-state index is 9.81. The molecule has 0 amide bonds. The minimum Gasteiger partial charge on any atom is -0.393 e. The maximum Gasteiger partial charge on any atom is 0.134 e. The normalized spacial score (nSPS) is 23.5. The number of rotatable bonds is 4. The van der Waals surface area contributed by atoms with E-state index in [4.69, 9.17) is 0 Å². The Kier molecular flexibility index (Phi) is 4.58. The predicted octanol–water partition coefficient (Wildman–Crippen LogP) is 1.68. The number of hydrogen-bond donors (Lipinski definition) is 2. The van der Waals surface area contributed by atoms with E-state index < -0.39 is 0 Å². The van der Waals surface area contributed by atoms with Crippen LogP contribution >= 0.6 is 0 Å². The molecule has 5 nitrogen and oxygen atoms in total. The van der Waals surface area contributed by atoms with Gasteiger partial charge >= 0.3 is 0 Å². The molecule has 0 radical (unpaired) electrons.